The van der Waals surface area contributed by atoms with Gasteiger partial charge in [0.25, 0.3) is 10.1 Å². The van der Waals surface area contributed by atoms with Crippen LogP contribution in [0.2, 0.25) is 0 Å². The number of ether oxygens (including phenoxy) is 12. The summed E-state index contributed by atoms with van der Waals surface area (Å²) in [6.45, 7) is 6.40. The Morgan fingerprint density at radius 3 is 1.22 bits per heavy atom. The molecule has 0 bridgehead atoms. The highest BCUT2D eigenvalue weighted by Crippen LogP contribution is 2.17. The zero-order valence-corrected chi connectivity index (χ0v) is 64.6. The molecule has 0 heterocycles. The molecule has 0 aliphatic rings. The number of aliphatic hydroxyl groups excluding tert-OH is 11. The van der Waals surface area contributed by atoms with Gasteiger partial charge in [0, 0.05) is 44.8 Å². The minimum Gasteiger partial charge on any atom is -0.394 e. The van der Waals surface area contributed by atoms with Gasteiger partial charge in [0.05, 0.1) is 191 Å². The molecule has 0 aliphatic carbocycles. The van der Waals surface area contributed by atoms with Crippen molar-refractivity contribution < 1.29 is 160 Å². The predicted octanol–water partition coefficient (Wildman–Crippen LogP) is -7.88. The lowest BCUT2D eigenvalue weighted by Gasteiger charge is -2.34. The fraction of sp³-hybridized carbons (Fsp3) is 0.809. The molecule has 0 saturated heterocycles. The Bertz CT molecular complexity index is 2700. The average Bonchev–Trinajstić information content (AvgIpc) is 0.866. The van der Waals surface area contributed by atoms with E-state index in [0.29, 0.717) is 161 Å². The van der Waals surface area contributed by atoms with Crippen LogP contribution < -0.4 is 43.0 Å². The van der Waals surface area contributed by atoms with E-state index in [9.17, 15) is 92.5 Å². The maximum absolute atomic E-state index is 13.6. The SMILES string of the molecule is CN[C@@H](CCCCNC(=O)CCOCCOCCOCCOCCOCCOCCOCCOCCOCCOCCOCCOCCNC(=O)C(CC(=O)N(C[C@H](O)[C@@H](O)[C@H](O)[C@H](O)CO)C[C@H](O)[C@@H](O)[C@H](O)[C@H](O)CO)S(=O)(=O)O)C(=O)N[C@H](C(=O)N[C@@H](CCCNC(N)=O)C(=O)Nc1ccc(CO)cc1)C(C)C. The van der Waals surface area contributed by atoms with Gasteiger partial charge in [0.1, 0.15) is 60.9 Å². The van der Waals surface area contributed by atoms with Gasteiger partial charge in [-0.05, 0) is 62.8 Å². The summed E-state index contributed by atoms with van der Waals surface area (Å²) in [6, 6.07) is 3.21. The predicted molar refractivity (Wildman–Crippen MR) is 392 cm³/mol. The molecule has 43 heteroatoms. The number of amides is 8. The molecule has 646 valence electrons. The topological polar surface area (TPSA) is 621 Å². The van der Waals surface area contributed by atoms with Crippen LogP contribution in [0.25, 0.3) is 0 Å². The number of hydrogen-bond acceptors (Lipinski definition) is 33. The quantitative estimate of drug-likeness (QED) is 0.0213. The highest BCUT2D eigenvalue weighted by molar-refractivity contribution is 7.87. The summed E-state index contributed by atoms with van der Waals surface area (Å²) >= 11 is 0. The van der Waals surface area contributed by atoms with Gasteiger partial charge in [-0.2, -0.15) is 8.42 Å². The molecule has 1 unspecified atom stereocenters. The molecule has 111 heavy (non-hydrogen) atoms. The van der Waals surface area contributed by atoms with Gasteiger partial charge in [-0.1, -0.05) is 26.0 Å². The van der Waals surface area contributed by atoms with Gasteiger partial charge in [0.2, 0.25) is 35.4 Å². The molecule has 12 atom stereocenters. The van der Waals surface area contributed by atoms with Crippen molar-refractivity contribution in [1.82, 2.24) is 36.8 Å². The Morgan fingerprint density at radius 1 is 0.450 bits per heavy atom. The van der Waals surface area contributed by atoms with E-state index in [-0.39, 0.29) is 90.6 Å². The first-order valence-corrected chi connectivity index (χ1v) is 38.3. The third-order valence-electron chi connectivity index (χ3n) is 16.1. The summed E-state index contributed by atoms with van der Waals surface area (Å²) in [5.74, 6) is -4.76. The summed E-state index contributed by atoms with van der Waals surface area (Å²) in [7, 11) is -3.69. The van der Waals surface area contributed by atoms with Crippen LogP contribution in [-0.4, -0.2) is 399 Å². The monoisotopic (exact) mass is 1630 g/mol. The Labute approximate surface area is 647 Å². The van der Waals surface area contributed by atoms with E-state index in [1.165, 1.54) is 0 Å². The molecule has 42 nitrogen and oxygen atoms in total. The van der Waals surface area contributed by atoms with Crippen molar-refractivity contribution in [3.8, 4) is 0 Å². The summed E-state index contributed by atoms with van der Waals surface area (Å²) in [5, 5.41) is 125. The number of carbonyl (C=O) groups excluding carboxylic acids is 7. The van der Waals surface area contributed by atoms with Crippen LogP contribution >= 0.6 is 0 Å². The third kappa shape index (κ3) is 50.3. The van der Waals surface area contributed by atoms with Gasteiger partial charge in [0.15, 0.2) is 5.25 Å². The number of unbranched alkanes of at least 4 members (excludes halogenated alkanes) is 1. The van der Waals surface area contributed by atoms with E-state index >= 15 is 0 Å². The molecule has 0 aliphatic heterocycles. The summed E-state index contributed by atoms with van der Waals surface area (Å²) in [4.78, 5) is 90.5. The largest absolute Gasteiger partial charge is 0.394 e. The molecule has 0 aromatic heterocycles. The minimum atomic E-state index is -5.33. The van der Waals surface area contributed by atoms with Crippen molar-refractivity contribution in [2.75, 3.05) is 217 Å². The highest BCUT2D eigenvalue weighted by Gasteiger charge is 2.40. The van der Waals surface area contributed by atoms with Crippen molar-refractivity contribution >= 4 is 57.3 Å². The van der Waals surface area contributed by atoms with Crippen LogP contribution in [0.3, 0.4) is 0 Å². The van der Waals surface area contributed by atoms with Crippen molar-refractivity contribution in [1.29, 1.82) is 0 Å². The average molecular weight is 1630 g/mol. The molecule has 1 rings (SSSR count). The highest BCUT2D eigenvalue weighted by atomic mass is 32.2. The Morgan fingerprint density at radius 2 is 0.838 bits per heavy atom. The zero-order chi connectivity index (χ0) is 82.6. The van der Waals surface area contributed by atoms with E-state index in [1.807, 2.05) is 0 Å². The Hall–Kier alpha value is -5.74. The molecule has 1 aromatic rings. The van der Waals surface area contributed by atoms with Crippen LogP contribution in [0.4, 0.5) is 10.5 Å². The zero-order valence-electron chi connectivity index (χ0n) is 63.8. The van der Waals surface area contributed by atoms with Crippen LogP contribution in [-0.2, 0) is 102 Å². The van der Waals surface area contributed by atoms with Crippen molar-refractivity contribution in [3.05, 3.63) is 29.8 Å². The molecule has 8 amide bonds. The van der Waals surface area contributed by atoms with Crippen LogP contribution in [0.15, 0.2) is 24.3 Å². The number of likely N-dealkylation sites (N-methyl/N-ethyl adjacent to an activating group) is 1. The number of rotatable bonds is 73. The van der Waals surface area contributed by atoms with Gasteiger partial charge < -0.3 is 161 Å². The van der Waals surface area contributed by atoms with E-state index in [2.05, 4.69) is 37.2 Å². The maximum atomic E-state index is 13.6. The molecule has 0 spiro atoms. The number of aliphatic hydroxyl groups is 11. The molecular weight excluding hydrogens is 1500 g/mol. The second-order valence-corrected chi connectivity index (χ2v) is 26.8. The summed E-state index contributed by atoms with van der Waals surface area (Å²) in [6.07, 6.45) is -16.3. The van der Waals surface area contributed by atoms with Crippen LogP contribution in [0.1, 0.15) is 64.4 Å². The smallest absolute Gasteiger partial charge is 0.312 e. The first kappa shape index (κ1) is 103. The Balaban J connectivity index is 2.03. The van der Waals surface area contributed by atoms with Crippen molar-refractivity contribution in [2.24, 2.45) is 11.7 Å². The molecule has 0 fully saturated rings. The fourth-order valence-electron chi connectivity index (χ4n) is 9.70. The number of anilines is 1. The molecular formula is C68H125N9O33S. The number of urea groups is 1. The third-order valence-corrected chi connectivity index (χ3v) is 17.2. The van der Waals surface area contributed by atoms with E-state index in [0.717, 1.165) is 0 Å². The van der Waals surface area contributed by atoms with Gasteiger partial charge in [-0.15, -0.1) is 0 Å². The molecule has 0 radical (unpaired) electrons. The molecule has 1 aromatic carbocycles. The van der Waals surface area contributed by atoms with E-state index in [4.69, 9.17) is 72.8 Å². The number of benzene rings is 1. The fourth-order valence-corrected chi connectivity index (χ4v) is 10.4. The normalized spacial score (nSPS) is 15.1. The van der Waals surface area contributed by atoms with Gasteiger partial charge in [-0.25, -0.2) is 4.79 Å². The Kier molecular flexibility index (Phi) is 60.0. The van der Waals surface area contributed by atoms with Gasteiger partial charge >= 0.3 is 6.03 Å². The van der Waals surface area contributed by atoms with Crippen molar-refractivity contribution in [3.63, 3.8) is 0 Å². The lowest BCUT2D eigenvalue weighted by atomic mass is 10.0. The maximum Gasteiger partial charge on any atom is 0.312 e. The van der Waals surface area contributed by atoms with Crippen LogP contribution in [0.5, 0.6) is 0 Å². The number of nitrogens with two attached hydrogens (primary N) is 1. The second-order valence-electron chi connectivity index (χ2n) is 25.2. The van der Waals surface area contributed by atoms with E-state index < -0.39 is 151 Å². The lowest BCUT2D eigenvalue weighted by molar-refractivity contribution is -0.148. The minimum absolute atomic E-state index is 0.0376. The number of hydrogen-bond donors (Lipinski definition) is 20. The number of nitrogens with one attached hydrogen (secondary N) is 7. The van der Waals surface area contributed by atoms with Crippen LogP contribution in [0, 0.1) is 5.92 Å². The summed E-state index contributed by atoms with van der Waals surface area (Å²) < 4.78 is 100. The number of nitrogens with zero attached hydrogens (tertiary/aromatic N) is 1. The van der Waals surface area contributed by atoms with Crippen molar-refractivity contribution in [2.45, 2.75) is 138 Å². The molecule has 0 saturated carbocycles. The van der Waals surface area contributed by atoms with Gasteiger partial charge in [-0.3, -0.25) is 33.3 Å². The number of carbonyl (C=O) groups is 7. The standard InChI is InChI=1S/C68H125N9O33S/c1-47(2)59(67(94)75-51(8-6-15-73-68(69)95)65(92)74-49-11-9-48(44-78)10-12-49)76-64(91)50(70-3)7-4-5-14-71-57(85)13-17-99-19-21-101-23-25-103-27-29-105-31-33-107-35-37-109-39-40-110-38-36-108-34-32-106-30-28-104-26-24-102-22-20-100-18-16-72-66(93)56(111(96,97)98)41-58(86)77(42-52(81)60(87)62(89)54(83)45-79)43-53(82)61(88)63(90)55(84)46-80/h9-12,47,50-56,59-63,70,78-84,87-90H,4-8,13-46H2,1-3H3,(H,71,85)(H,72,93)(H,74,92)(H,75,94)(H,76,91)(H3,69,73,95)(H,96,97,98)/t50-,51-,52-,53-,54+,55+,56?,59-,60+,61+,62+,63+/m0/s1. The second kappa shape index (κ2) is 64.5. The first-order valence-electron chi connectivity index (χ1n) is 36.8. The lowest BCUT2D eigenvalue weighted by Crippen LogP contribution is -2.57. The number of primary amides is 1. The summed E-state index contributed by atoms with van der Waals surface area (Å²) in [5.41, 5.74) is 6.28. The van der Waals surface area contributed by atoms with E-state index in [1.54, 1.807) is 45.2 Å². The first-order chi connectivity index (χ1) is 53.1. The molecule has 21 N–H and O–H groups in total.